The number of esters is 1. The molecule has 0 radical (unpaired) electrons. The number of hydrogen-bond acceptors (Lipinski definition) is 5. The van der Waals surface area contributed by atoms with Gasteiger partial charge in [-0.1, -0.05) is 36.7 Å². The molecule has 172 valence electrons. The van der Waals surface area contributed by atoms with Crippen LogP contribution in [-0.2, 0) is 22.4 Å². The maximum Gasteiger partial charge on any atom is 0.341 e. The smallest absolute Gasteiger partial charge is 0.341 e. The van der Waals surface area contributed by atoms with Gasteiger partial charge in [-0.25, -0.2) is 4.79 Å². The van der Waals surface area contributed by atoms with Gasteiger partial charge in [0, 0.05) is 21.0 Å². The van der Waals surface area contributed by atoms with Gasteiger partial charge in [0.15, 0.2) is 0 Å². The molecule has 0 bridgehead atoms. The lowest BCUT2D eigenvalue weighted by Gasteiger charge is -2.33. The van der Waals surface area contributed by atoms with E-state index in [1.54, 1.807) is 6.08 Å². The standard InChI is InChI=1S/C25H30BrNO4S/c1-6-31-19-11-9-17(26)13-15(19)7-12-21(28)27-23-22(24(29)30-5)18-10-8-16(25(2,3)4)14-20(18)32-23/h7,9,11-13,16H,6,8,10,14H2,1-5H3,(H,27,28). The molecule has 2 aromatic rings. The average molecular weight is 520 g/mol. The third kappa shape index (κ3) is 5.62. The lowest BCUT2D eigenvalue weighted by Crippen LogP contribution is -2.26. The fourth-order valence-corrected chi connectivity index (χ4v) is 5.68. The molecule has 0 saturated carbocycles. The van der Waals surface area contributed by atoms with E-state index in [0.717, 1.165) is 34.9 Å². The highest BCUT2D eigenvalue weighted by Crippen LogP contribution is 2.44. The first-order chi connectivity index (χ1) is 15.1. The maximum absolute atomic E-state index is 12.7. The number of carbonyl (C=O) groups is 2. The number of nitrogens with one attached hydrogen (secondary N) is 1. The lowest BCUT2D eigenvalue weighted by atomic mass is 9.72. The third-order valence-corrected chi connectivity index (χ3v) is 7.47. The van der Waals surface area contributed by atoms with Gasteiger partial charge >= 0.3 is 5.97 Å². The van der Waals surface area contributed by atoms with E-state index in [0.29, 0.717) is 28.8 Å². The third-order valence-electron chi connectivity index (χ3n) is 5.80. The van der Waals surface area contributed by atoms with Crippen molar-refractivity contribution in [3.8, 4) is 5.75 Å². The first-order valence-corrected chi connectivity index (χ1v) is 12.4. The van der Waals surface area contributed by atoms with Crippen LogP contribution in [0.25, 0.3) is 6.08 Å². The highest BCUT2D eigenvalue weighted by molar-refractivity contribution is 9.10. The number of methoxy groups -OCH3 is 1. The molecular formula is C25H30BrNO4S. The second kappa shape index (κ2) is 10.2. The number of thiophene rings is 1. The summed E-state index contributed by atoms with van der Waals surface area (Å²) >= 11 is 4.94. The maximum atomic E-state index is 12.7. The number of carbonyl (C=O) groups excluding carboxylic acids is 2. The van der Waals surface area contributed by atoms with E-state index in [1.165, 1.54) is 29.4 Å². The summed E-state index contributed by atoms with van der Waals surface area (Å²) in [5, 5.41) is 3.47. The van der Waals surface area contributed by atoms with Crippen molar-refractivity contribution in [1.29, 1.82) is 0 Å². The molecule has 0 aliphatic heterocycles. The first kappa shape index (κ1) is 24.5. The van der Waals surface area contributed by atoms with E-state index >= 15 is 0 Å². The van der Waals surface area contributed by atoms with Crippen molar-refractivity contribution >= 4 is 50.2 Å². The molecule has 1 heterocycles. The van der Waals surface area contributed by atoms with Crippen LogP contribution in [-0.4, -0.2) is 25.6 Å². The molecular weight excluding hydrogens is 490 g/mol. The van der Waals surface area contributed by atoms with Crippen LogP contribution in [0.15, 0.2) is 28.7 Å². The van der Waals surface area contributed by atoms with Crippen molar-refractivity contribution in [1.82, 2.24) is 0 Å². The average Bonchev–Trinajstić information content (AvgIpc) is 3.09. The molecule has 1 unspecified atom stereocenters. The minimum absolute atomic E-state index is 0.196. The summed E-state index contributed by atoms with van der Waals surface area (Å²) in [4.78, 5) is 26.5. The summed E-state index contributed by atoms with van der Waals surface area (Å²) in [6, 6.07) is 5.65. The highest BCUT2D eigenvalue weighted by atomic mass is 79.9. The summed E-state index contributed by atoms with van der Waals surface area (Å²) in [6.07, 6.45) is 5.93. The van der Waals surface area contributed by atoms with Crippen LogP contribution in [0.4, 0.5) is 5.00 Å². The number of fused-ring (bicyclic) bond motifs is 1. The predicted octanol–water partition coefficient (Wildman–Crippen LogP) is 6.50. The van der Waals surface area contributed by atoms with E-state index in [1.807, 2.05) is 25.1 Å². The molecule has 0 saturated heterocycles. The van der Waals surface area contributed by atoms with Gasteiger partial charge in [-0.2, -0.15) is 0 Å². The largest absolute Gasteiger partial charge is 0.493 e. The van der Waals surface area contributed by atoms with E-state index in [2.05, 4.69) is 42.0 Å². The van der Waals surface area contributed by atoms with Gasteiger partial charge in [-0.05, 0) is 67.4 Å². The Balaban J connectivity index is 1.85. The Morgan fingerprint density at radius 1 is 1.31 bits per heavy atom. The van der Waals surface area contributed by atoms with Gasteiger partial charge in [0.1, 0.15) is 10.8 Å². The Kier molecular flexibility index (Phi) is 7.83. The van der Waals surface area contributed by atoms with E-state index in [-0.39, 0.29) is 11.3 Å². The van der Waals surface area contributed by atoms with E-state index < -0.39 is 5.97 Å². The van der Waals surface area contributed by atoms with Crippen molar-refractivity contribution in [2.24, 2.45) is 11.3 Å². The van der Waals surface area contributed by atoms with Crippen LogP contribution >= 0.6 is 27.3 Å². The molecule has 5 nitrogen and oxygen atoms in total. The number of benzene rings is 1. The Labute approximate surface area is 202 Å². The molecule has 1 N–H and O–H groups in total. The molecule has 1 aliphatic rings. The molecule has 1 aliphatic carbocycles. The highest BCUT2D eigenvalue weighted by Gasteiger charge is 2.34. The van der Waals surface area contributed by atoms with Gasteiger partial charge in [-0.15, -0.1) is 11.3 Å². The van der Waals surface area contributed by atoms with Crippen LogP contribution in [0.5, 0.6) is 5.75 Å². The van der Waals surface area contributed by atoms with E-state index in [9.17, 15) is 9.59 Å². The summed E-state index contributed by atoms with van der Waals surface area (Å²) in [7, 11) is 1.38. The Hall–Kier alpha value is -2.12. The Morgan fingerprint density at radius 2 is 2.06 bits per heavy atom. The van der Waals surface area contributed by atoms with Gasteiger partial charge in [-0.3, -0.25) is 4.79 Å². The molecule has 0 fully saturated rings. The molecule has 7 heteroatoms. The zero-order chi connectivity index (χ0) is 23.5. The van der Waals surface area contributed by atoms with Crippen molar-refractivity contribution in [2.75, 3.05) is 19.0 Å². The monoisotopic (exact) mass is 519 g/mol. The number of anilines is 1. The number of rotatable bonds is 6. The fraction of sp³-hybridized carbons (Fsp3) is 0.440. The van der Waals surface area contributed by atoms with Crippen molar-refractivity contribution in [3.63, 3.8) is 0 Å². The zero-order valence-corrected chi connectivity index (χ0v) is 21.6. The fourth-order valence-electron chi connectivity index (χ4n) is 3.99. The molecule has 1 aromatic heterocycles. The number of amides is 1. The summed E-state index contributed by atoms with van der Waals surface area (Å²) < 4.78 is 11.6. The van der Waals surface area contributed by atoms with Gasteiger partial charge in [0.25, 0.3) is 0 Å². The second-order valence-electron chi connectivity index (χ2n) is 8.94. The minimum atomic E-state index is -0.401. The SMILES string of the molecule is CCOc1ccc(Br)cc1C=CC(=O)Nc1sc2c(c1C(=O)OC)CCC(C(C)(C)C)C2. The van der Waals surface area contributed by atoms with Crippen LogP contribution in [0.1, 0.15) is 60.5 Å². The summed E-state index contributed by atoms with van der Waals surface area (Å²) in [6.45, 7) is 9.21. The Bertz CT molecular complexity index is 1040. The summed E-state index contributed by atoms with van der Waals surface area (Å²) in [5.41, 5.74) is 2.51. The van der Waals surface area contributed by atoms with Crippen molar-refractivity contribution < 1.29 is 19.1 Å². The predicted molar refractivity (Wildman–Crippen MR) is 134 cm³/mol. The Morgan fingerprint density at radius 3 is 2.72 bits per heavy atom. The zero-order valence-electron chi connectivity index (χ0n) is 19.2. The van der Waals surface area contributed by atoms with Crippen LogP contribution < -0.4 is 10.1 Å². The van der Waals surface area contributed by atoms with Crippen LogP contribution in [0, 0.1) is 11.3 Å². The van der Waals surface area contributed by atoms with Crippen molar-refractivity contribution in [2.45, 2.75) is 47.0 Å². The van der Waals surface area contributed by atoms with E-state index in [4.69, 9.17) is 9.47 Å². The van der Waals surface area contributed by atoms with Crippen molar-refractivity contribution in [3.05, 3.63) is 50.3 Å². The molecule has 0 spiro atoms. The van der Waals surface area contributed by atoms with Crippen LogP contribution in [0.2, 0.25) is 0 Å². The molecule has 1 aromatic carbocycles. The minimum Gasteiger partial charge on any atom is -0.493 e. The first-order valence-electron chi connectivity index (χ1n) is 10.8. The number of ether oxygens (including phenoxy) is 2. The summed E-state index contributed by atoms with van der Waals surface area (Å²) in [5.74, 6) is 0.538. The molecule has 1 amide bonds. The topological polar surface area (TPSA) is 64.6 Å². The number of halogens is 1. The second-order valence-corrected chi connectivity index (χ2v) is 11.0. The van der Waals surface area contributed by atoms with Crippen LogP contribution in [0.3, 0.4) is 0 Å². The van der Waals surface area contributed by atoms with Gasteiger partial charge in [0.2, 0.25) is 5.91 Å². The quantitative estimate of drug-likeness (QED) is 0.349. The number of hydrogen-bond donors (Lipinski definition) is 1. The molecule has 32 heavy (non-hydrogen) atoms. The molecule has 3 rings (SSSR count). The normalized spacial score (nSPS) is 16.0. The van der Waals surface area contributed by atoms with Gasteiger partial charge < -0.3 is 14.8 Å². The lowest BCUT2D eigenvalue weighted by molar-refractivity contribution is -0.111. The molecule has 1 atom stereocenters. The van der Waals surface area contributed by atoms with Gasteiger partial charge in [0.05, 0.1) is 19.3 Å².